The summed E-state index contributed by atoms with van der Waals surface area (Å²) in [6.07, 6.45) is -4.40. The second-order valence-corrected chi connectivity index (χ2v) is 3.24. The van der Waals surface area contributed by atoms with E-state index in [0.717, 1.165) is 6.07 Å². The first-order chi connectivity index (χ1) is 7.42. The SMILES string of the molecule is NCc1ccc(F)c(COCC(F)(F)F)c1. The summed E-state index contributed by atoms with van der Waals surface area (Å²) in [4.78, 5) is 0. The molecule has 2 N–H and O–H groups in total. The Balaban J connectivity index is 2.59. The predicted octanol–water partition coefficient (Wildman–Crippen LogP) is 2.36. The summed E-state index contributed by atoms with van der Waals surface area (Å²) in [6, 6.07) is 4.03. The van der Waals surface area contributed by atoms with Gasteiger partial charge in [-0.2, -0.15) is 13.2 Å². The summed E-state index contributed by atoms with van der Waals surface area (Å²) in [5.41, 5.74) is 6.04. The monoisotopic (exact) mass is 237 g/mol. The van der Waals surface area contributed by atoms with Gasteiger partial charge in [0.25, 0.3) is 0 Å². The van der Waals surface area contributed by atoms with Gasteiger partial charge in [-0.05, 0) is 17.7 Å². The van der Waals surface area contributed by atoms with Gasteiger partial charge in [0, 0.05) is 12.1 Å². The van der Waals surface area contributed by atoms with E-state index in [1.54, 1.807) is 0 Å². The summed E-state index contributed by atoms with van der Waals surface area (Å²) in [6.45, 7) is -1.61. The van der Waals surface area contributed by atoms with Gasteiger partial charge in [0.15, 0.2) is 0 Å². The molecule has 0 atom stereocenters. The number of nitrogens with two attached hydrogens (primary N) is 1. The highest BCUT2D eigenvalue weighted by Gasteiger charge is 2.27. The zero-order valence-electron chi connectivity index (χ0n) is 8.35. The molecule has 2 nitrogen and oxygen atoms in total. The Hall–Kier alpha value is -1.14. The molecule has 1 rings (SSSR count). The summed E-state index contributed by atoms with van der Waals surface area (Å²) >= 11 is 0. The Morgan fingerprint density at radius 1 is 1.25 bits per heavy atom. The first-order valence-electron chi connectivity index (χ1n) is 4.54. The number of halogens is 4. The zero-order chi connectivity index (χ0) is 12.2. The van der Waals surface area contributed by atoms with E-state index in [0.29, 0.717) is 5.56 Å². The second-order valence-electron chi connectivity index (χ2n) is 3.24. The Morgan fingerprint density at radius 2 is 1.94 bits per heavy atom. The average molecular weight is 237 g/mol. The molecule has 1 aromatic rings. The van der Waals surface area contributed by atoms with E-state index >= 15 is 0 Å². The van der Waals surface area contributed by atoms with Crippen LogP contribution < -0.4 is 5.73 Å². The van der Waals surface area contributed by atoms with Crippen LogP contribution in [0.4, 0.5) is 17.6 Å². The van der Waals surface area contributed by atoms with E-state index in [-0.39, 0.29) is 12.1 Å². The predicted molar refractivity (Wildman–Crippen MR) is 50.0 cm³/mol. The fourth-order valence-electron chi connectivity index (χ4n) is 1.14. The molecule has 90 valence electrons. The van der Waals surface area contributed by atoms with Crippen LogP contribution in [0.3, 0.4) is 0 Å². The molecule has 1 aromatic carbocycles. The van der Waals surface area contributed by atoms with Crippen LogP contribution in [0.1, 0.15) is 11.1 Å². The van der Waals surface area contributed by atoms with Gasteiger partial charge in [0.1, 0.15) is 12.4 Å². The highest BCUT2D eigenvalue weighted by Crippen LogP contribution is 2.17. The molecule has 0 amide bonds. The molecule has 0 saturated heterocycles. The Kier molecular flexibility index (Phi) is 4.26. The van der Waals surface area contributed by atoms with Gasteiger partial charge in [-0.25, -0.2) is 4.39 Å². The molecule has 6 heteroatoms. The van der Waals surface area contributed by atoms with Crippen molar-refractivity contribution < 1.29 is 22.3 Å². The first-order valence-corrected chi connectivity index (χ1v) is 4.54. The van der Waals surface area contributed by atoms with Crippen LogP contribution >= 0.6 is 0 Å². The minimum atomic E-state index is -4.40. The topological polar surface area (TPSA) is 35.2 Å². The third-order valence-corrected chi connectivity index (χ3v) is 1.87. The number of alkyl halides is 3. The van der Waals surface area contributed by atoms with E-state index in [9.17, 15) is 17.6 Å². The third-order valence-electron chi connectivity index (χ3n) is 1.87. The lowest BCUT2D eigenvalue weighted by Gasteiger charge is -2.09. The van der Waals surface area contributed by atoms with Gasteiger partial charge in [-0.3, -0.25) is 0 Å². The molecule has 0 aromatic heterocycles. The fourth-order valence-corrected chi connectivity index (χ4v) is 1.14. The lowest BCUT2D eigenvalue weighted by Crippen LogP contribution is -2.17. The maximum atomic E-state index is 13.1. The molecule has 0 bridgehead atoms. The minimum absolute atomic E-state index is 0.0761. The zero-order valence-corrected chi connectivity index (χ0v) is 8.35. The van der Waals surface area contributed by atoms with E-state index in [1.165, 1.54) is 12.1 Å². The van der Waals surface area contributed by atoms with Crippen LogP contribution in [0, 0.1) is 5.82 Å². The van der Waals surface area contributed by atoms with Crippen LogP contribution in [0.2, 0.25) is 0 Å². The van der Waals surface area contributed by atoms with E-state index in [2.05, 4.69) is 4.74 Å². The van der Waals surface area contributed by atoms with Crippen LogP contribution in [-0.2, 0) is 17.9 Å². The van der Waals surface area contributed by atoms with Crippen molar-refractivity contribution in [3.63, 3.8) is 0 Å². The molecule has 0 aliphatic carbocycles. The quantitative estimate of drug-likeness (QED) is 0.816. The van der Waals surface area contributed by atoms with E-state index in [4.69, 9.17) is 5.73 Å². The van der Waals surface area contributed by atoms with Crippen molar-refractivity contribution in [1.29, 1.82) is 0 Å². The van der Waals surface area contributed by atoms with Crippen molar-refractivity contribution in [3.8, 4) is 0 Å². The van der Waals surface area contributed by atoms with E-state index < -0.39 is 25.2 Å². The van der Waals surface area contributed by atoms with Gasteiger partial charge in [-0.15, -0.1) is 0 Å². The van der Waals surface area contributed by atoms with Gasteiger partial charge in [0.2, 0.25) is 0 Å². The molecule has 16 heavy (non-hydrogen) atoms. The largest absolute Gasteiger partial charge is 0.411 e. The van der Waals surface area contributed by atoms with Crippen molar-refractivity contribution in [1.82, 2.24) is 0 Å². The average Bonchev–Trinajstić information content (AvgIpc) is 2.19. The summed E-state index contributed by atoms with van der Waals surface area (Å²) in [7, 11) is 0. The maximum Gasteiger partial charge on any atom is 0.411 e. The molecule has 0 unspecified atom stereocenters. The molecular weight excluding hydrogens is 226 g/mol. The molecular formula is C10H11F4NO. The Bertz CT molecular complexity index is 351. The van der Waals surface area contributed by atoms with Crippen molar-refractivity contribution >= 4 is 0 Å². The number of rotatable bonds is 4. The standard InChI is InChI=1S/C10H11F4NO/c11-9-2-1-7(4-15)3-8(9)5-16-6-10(12,13)14/h1-3H,4-6,15H2. The van der Waals surface area contributed by atoms with Crippen molar-refractivity contribution in [2.45, 2.75) is 19.3 Å². The molecule has 0 aliphatic heterocycles. The smallest absolute Gasteiger partial charge is 0.367 e. The van der Waals surface area contributed by atoms with Crippen molar-refractivity contribution in [2.75, 3.05) is 6.61 Å². The Morgan fingerprint density at radius 3 is 2.50 bits per heavy atom. The molecule has 0 radical (unpaired) electrons. The highest BCUT2D eigenvalue weighted by molar-refractivity contribution is 5.24. The number of hydrogen-bond donors (Lipinski definition) is 1. The van der Waals surface area contributed by atoms with Crippen LogP contribution in [-0.4, -0.2) is 12.8 Å². The summed E-state index contributed by atoms with van der Waals surface area (Å²) < 4.78 is 52.8. The lowest BCUT2D eigenvalue weighted by molar-refractivity contribution is -0.176. The second kappa shape index (κ2) is 5.27. The first kappa shape index (κ1) is 12.9. The van der Waals surface area contributed by atoms with Crippen molar-refractivity contribution in [2.24, 2.45) is 5.73 Å². The van der Waals surface area contributed by atoms with Gasteiger partial charge < -0.3 is 10.5 Å². The summed E-state index contributed by atoms with van der Waals surface area (Å²) in [5, 5.41) is 0. The molecule has 0 fully saturated rings. The highest BCUT2D eigenvalue weighted by atomic mass is 19.4. The number of hydrogen-bond acceptors (Lipinski definition) is 2. The lowest BCUT2D eigenvalue weighted by atomic mass is 10.1. The van der Waals surface area contributed by atoms with E-state index in [1.807, 2.05) is 0 Å². The molecule has 0 heterocycles. The van der Waals surface area contributed by atoms with Gasteiger partial charge in [-0.1, -0.05) is 6.07 Å². The van der Waals surface area contributed by atoms with Crippen LogP contribution in [0.5, 0.6) is 0 Å². The minimum Gasteiger partial charge on any atom is -0.367 e. The van der Waals surface area contributed by atoms with Gasteiger partial charge >= 0.3 is 6.18 Å². The third kappa shape index (κ3) is 4.16. The van der Waals surface area contributed by atoms with Crippen molar-refractivity contribution in [3.05, 3.63) is 35.1 Å². The normalized spacial score (nSPS) is 11.8. The van der Waals surface area contributed by atoms with Crippen LogP contribution in [0.25, 0.3) is 0 Å². The summed E-state index contributed by atoms with van der Waals surface area (Å²) in [5.74, 6) is -0.598. The van der Waals surface area contributed by atoms with Gasteiger partial charge in [0.05, 0.1) is 6.61 Å². The fraction of sp³-hybridized carbons (Fsp3) is 0.400. The maximum absolute atomic E-state index is 13.1. The molecule has 0 spiro atoms. The number of benzene rings is 1. The molecule has 0 aliphatic rings. The van der Waals surface area contributed by atoms with Crippen LogP contribution in [0.15, 0.2) is 18.2 Å². The number of ether oxygens (including phenoxy) is 1. The Labute approximate surface area is 90.0 Å². The molecule has 0 saturated carbocycles.